The van der Waals surface area contributed by atoms with Crippen LogP contribution < -0.4 is 0 Å². The van der Waals surface area contributed by atoms with Crippen LogP contribution in [0.25, 0.3) is 0 Å². The number of halogens is 2. The molecule has 0 fully saturated rings. The van der Waals surface area contributed by atoms with E-state index in [2.05, 4.69) is 42.0 Å². The molecule has 0 saturated heterocycles. The molecule has 0 amide bonds. The zero-order chi connectivity index (χ0) is 8.27. The summed E-state index contributed by atoms with van der Waals surface area (Å²) < 4.78 is 1.49. The van der Waals surface area contributed by atoms with Crippen LogP contribution in [-0.2, 0) is 0 Å². The van der Waals surface area contributed by atoms with Crippen LogP contribution in [0, 0.1) is 0 Å². The van der Waals surface area contributed by atoms with Crippen molar-refractivity contribution in [3.8, 4) is 0 Å². The Bertz CT molecular complexity index is 288. The molecule has 1 aromatic heterocycles. The van der Waals surface area contributed by atoms with Gasteiger partial charge in [-0.2, -0.15) is 0 Å². The first-order chi connectivity index (χ1) is 5.24. The highest BCUT2D eigenvalue weighted by molar-refractivity contribution is 9.11. The Morgan fingerprint density at radius 1 is 1.45 bits per heavy atom. The maximum Gasteiger partial charge on any atom is 0.106 e. The Kier molecular flexibility index (Phi) is 3.02. The van der Waals surface area contributed by atoms with E-state index in [1.165, 1.54) is 6.21 Å². The van der Waals surface area contributed by atoms with Crippen LogP contribution in [0.15, 0.2) is 26.4 Å². The summed E-state index contributed by atoms with van der Waals surface area (Å²) in [4.78, 5) is 4.02. The second kappa shape index (κ2) is 3.82. The van der Waals surface area contributed by atoms with E-state index in [4.69, 9.17) is 5.21 Å². The molecule has 0 unspecified atom stereocenters. The fourth-order valence-corrected chi connectivity index (χ4v) is 1.22. The predicted molar refractivity (Wildman–Crippen MR) is 49.0 cm³/mol. The van der Waals surface area contributed by atoms with Crippen LogP contribution in [0.3, 0.4) is 0 Å². The molecule has 1 rings (SSSR count). The Morgan fingerprint density at radius 2 is 2.18 bits per heavy atom. The zero-order valence-electron chi connectivity index (χ0n) is 5.33. The molecule has 1 heterocycles. The molecule has 3 nitrogen and oxygen atoms in total. The van der Waals surface area contributed by atoms with Gasteiger partial charge in [-0.05, 0) is 44.0 Å². The molecule has 0 aromatic carbocycles. The molecule has 0 aliphatic carbocycles. The predicted octanol–water partition coefficient (Wildman–Crippen LogP) is 2.41. The molecule has 1 N–H and O–H groups in total. The highest BCUT2D eigenvalue weighted by Crippen LogP contribution is 2.15. The van der Waals surface area contributed by atoms with Crippen LogP contribution in [0.4, 0.5) is 0 Å². The Labute approximate surface area is 80.4 Å². The minimum atomic E-state index is 0.585. The number of hydrogen-bond donors (Lipinski definition) is 1. The van der Waals surface area contributed by atoms with Gasteiger partial charge in [0.15, 0.2) is 0 Å². The average Bonchev–Trinajstić information content (AvgIpc) is 1.98. The molecule has 0 aliphatic rings. The van der Waals surface area contributed by atoms with Gasteiger partial charge < -0.3 is 5.21 Å². The molecule has 58 valence electrons. The number of pyridine rings is 1. The molecule has 1 aromatic rings. The van der Waals surface area contributed by atoms with E-state index in [0.717, 1.165) is 4.47 Å². The first-order valence-electron chi connectivity index (χ1n) is 2.73. The molecular formula is C6H4Br2N2O. The van der Waals surface area contributed by atoms with Crippen molar-refractivity contribution in [2.45, 2.75) is 0 Å². The molecule has 0 spiro atoms. The van der Waals surface area contributed by atoms with Crippen molar-refractivity contribution in [2.75, 3.05) is 0 Å². The lowest BCUT2D eigenvalue weighted by Crippen LogP contribution is -1.89. The highest BCUT2D eigenvalue weighted by Gasteiger charge is 1.98. The fourth-order valence-electron chi connectivity index (χ4n) is 0.578. The van der Waals surface area contributed by atoms with Crippen LogP contribution in [0.5, 0.6) is 0 Å². The topological polar surface area (TPSA) is 45.5 Å². The number of aromatic nitrogens is 1. The highest BCUT2D eigenvalue weighted by atomic mass is 79.9. The van der Waals surface area contributed by atoms with Crippen LogP contribution in [-0.4, -0.2) is 16.4 Å². The molecule has 0 aliphatic heterocycles. The second-order valence-corrected chi connectivity index (χ2v) is 3.41. The Balaban J connectivity index is 3.12. The van der Waals surface area contributed by atoms with E-state index in [1.54, 1.807) is 6.07 Å². The lowest BCUT2D eigenvalue weighted by molar-refractivity contribution is 0.321. The van der Waals surface area contributed by atoms with Crippen LogP contribution >= 0.6 is 31.9 Å². The van der Waals surface area contributed by atoms with Gasteiger partial charge in [-0.25, -0.2) is 4.98 Å². The summed E-state index contributed by atoms with van der Waals surface area (Å²) in [6.07, 6.45) is 1.26. The van der Waals surface area contributed by atoms with E-state index in [1.807, 2.05) is 6.07 Å². The molecule has 0 radical (unpaired) electrons. The first kappa shape index (κ1) is 8.67. The van der Waals surface area contributed by atoms with E-state index < -0.39 is 0 Å². The first-order valence-corrected chi connectivity index (χ1v) is 4.32. The smallest absolute Gasteiger partial charge is 0.106 e. The van der Waals surface area contributed by atoms with Crippen LogP contribution in [0.1, 0.15) is 5.69 Å². The number of hydrogen-bond acceptors (Lipinski definition) is 3. The van der Waals surface area contributed by atoms with Crippen molar-refractivity contribution in [3.63, 3.8) is 0 Å². The summed E-state index contributed by atoms with van der Waals surface area (Å²) in [5.41, 5.74) is 0.585. The summed E-state index contributed by atoms with van der Waals surface area (Å²) in [7, 11) is 0. The summed E-state index contributed by atoms with van der Waals surface area (Å²) >= 11 is 6.44. The summed E-state index contributed by atoms with van der Waals surface area (Å²) in [5.74, 6) is 0. The minimum Gasteiger partial charge on any atom is -0.411 e. The van der Waals surface area contributed by atoms with E-state index >= 15 is 0 Å². The maximum absolute atomic E-state index is 8.23. The standard InChI is InChI=1S/C6H4Br2N2O/c7-4-1-2-6(8)10-5(4)3-9-11/h1-3,11H/b9-3-. The Hall–Kier alpha value is -0.420. The van der Waals surface area contributed by atoms with Crippen molar-refractivity contribution in [1.29, 1.82) is 0 Å². The maximum atomic E-state index is 8.23. The van der Waals surface area contributed by atoms with Gasteiger partial charge in [-0.15, -0.1) is 0 Å². The average molecular weight is 280 g/mol. The van der Waals surface area contributed by atoms with Gasteiger partial charge in [0.1, 0.15) is 10.3 Å². The van der Waals surface area contributed by atoms with Gasteiger partial charge >= 0.3 is 0 Å². The number of rotatable bonds is 1. The molecule has 11 heavy (non-hydrogen) atoms. The van der Waals surface area contributed by atoms with Crippen molar-refractivity contribution < 1.29 is 5.21 Å². The zero-order valence-corrected chi connectivity index (χ0v) is 8.50. The largest absolute Gasteiger partial charge is 0.411 e. The SMILES string of the molecule is O/N=C\c1nc(Br)ccc1Br. The van der Waals surface area contributed by atoms with Crippen molar-refractivity contribution >= 4 is 38.1 Å². The fraction of sp³-hybridized carbons (Fsp3) is 0. The van der Waals surface area contributed by atoms with Crippen molar-refractivity contribution in [1.82, 2.24) is 4.98 Å². The summed E-state index contributed by atoms with van der Waals surface area (Å²) in [6, 6.07) is 3.60. The minimum absolute atomic E-state index is 0.585. The van der Waals surface area contributed by atoms with Crippen LogP contribution in [0.2, 0.25) is 0 Å². The van der Waals surface area contributed by atoms with Crippen molar-refractivity contribution in [3.05, 3.63) is 26.9 Å². The van der Waals surface area contributed by atoms with Gasteiger partial charge in [0.05, 0.1) is 6.21 Å². The van der Waals surface area contributed by atoms with E-state index in [0.29, 0.717) is 10.3 Å². The number of nitrogens with zero attached hydrogens (tertiary/aromatic N) is 2. The monoisotopic (exact) mass is 278 g/mol. The van der Waals surface area contributed by atoms with Crippen molar-refractivity contribution in [2.24, 2.45) is 5.16 Å². The van der Waals surface area contributed by atoms with Gasteiger partial charge in [0.2, 0.25) is 0 Å². The van der Waals surface area contributed by atoms with Gasteiger partial charge in [0.25, 0.3) is 0 Å². The summed E-state index contributed by atoms with van der Waals surface area (Å²) in [5, 5.41) is 11.1. The lowest BCUT2D eigenvalue weighted by atomic mass is 10.4. The quantitative estimate of drug-likeness (QED) is 0.371. The normalized spacial score (nSPS) is 10.7. The second-order valence-electron chi connectivity index (χ2n) is 1.75. The third kappa shape index (κ3) is 2.27. The van der Waals surface area contributed by atoms with Gasteiger partial charge in [-0.3, -0.25) is 0 Å². The molecule has 0 saturated carbocycles. The van der Waals surface area contributed by atoms with Gasteiger partial charge in [0, 0.05) is 4.47 Å². The third-order valence-electron chi connectivity index (χ3n) is 1.02. The Morgan fingerprint density at radius 3 is 2.82 bits per heavy atom. The van der Waals surface area contributed by atoms with E-state index in [9.17, 15) is 0 Å². The molecule has 0 bridgehead atoms. The molecular weight excluding hydrogens is 276 g/mol. The number of oxime groups is 1. The third-order valence-corrected chi connectivity index (χ3v) is 2.13. The van der Waals surface area contributed by atoms with E-state index in [-0.39, 0.29) is 0 Å². The van der Waals surface area contributed by atoms with Gasteiger partial charge in [-0.1, -0.05) is 5.16 Å². The molecule has 0 atom stereocenters. The lowest BCUT2D eigenvalue weighted by Gasteiger charge is -1.95. The summed E-state index contributed by atoms with van der Waals surface area (Å²) in [6.45, 7) is 0. The molecule has 5 heteroatoms.